The zero-order valence-electron chi connectivity index (χ0n) is 32.8. The highest BCUT2D eigenvalue weighted by Crippen LogP contribution is 2.42. The first-order chi connectivity index (χ1) is 26.3. The van der Waals surface area contributed by atoms with Gasteiger partial charge in [0.1, 0.15) is 22.9 Å². The summed E-state index contributed by atoms with van der Waals surface area (Å²) in [6.07, 6.45) is 2.13. The molecule has 0 spiro atoms. The summed E-state index contributed by atoms with van der Waals surface area (Å²) < 4.78 is 30.4. The lowest BCUT2D eigenvalue weighted by Gasteiger charge is -2.42. The molecule has 55 heavy (non-hydrogen) atoms. The van der Waals surface area contributed by atoms with Crippen molar-refractivity contribution < 1.29 is 23.5 Å². The smallest absolute Gasteiger partial charge is 0.355 e. The van der Waals surface area contributed by atoms with Crippen molar-refractivity contribution in [2.75, 3.05) is 59.0 Å². The quantitative estimate of drug-likeness (QED) is 0.0708. The number of aromatic nitrogens is 3. The molecule has 2 saturated heterocycles. The molecule has 0 bridgehead atoms. The first-order valence-electron chi connectivity index (χ1n) is 19.3. The summed E-state index contributed by atoms with van der Waals surface area (Å²) in [6.45, 7) is 17.9. The highest BCUT2D eigenvalue weighted by Gasteiger charge is 2.32. The van der Waals surface area contributed by atoms with Crippen LogP contribution in [0.15, 0.2) is 48.5 Å². The van der Waals surface area contributed by atoms with Gasteiger partial charge in [-0.25, -0.2) is 9.18 Å². The van der Waals surface area contributed by atoms with Crippen molar-refractivity contribution in [3.8, 4) is 16.9 Å². The first kappa shape index (κ1) is 38.8. The molecule has 0 unspecified atom stereocenters. The number of carbonyl (C=O) groups excluding carboxylic acids is 2. The molecule has 1 amide bonds. The van der Waals surface area contributed by atoms with E-state index >= 15 is 0 Å². The number of esters is 1. The van der Waals surface area contributed by atoms with Crippen LogP contribution in [0, 0.1) is 25.6 Å². The van der Waals surface area contributed by atoms with Crippen molar-refractivity contribution in [2.45, 2.75) is 59.6 Å². The molecule has 2 fully saturated rings. The molecule has 7 rings (SSSR count). The van der Waals surface area contributed by atoms with Gasteiger partial charge in [-0.15, -0.1) is 0 Å². The molecule has 10 nitrogen and oxygen atoms in total. The third-order valence-corrected chi connectivity index (χ3v) is 11.3. The fourth-order valence-electron chi connectivity index (χ4n) is 8.30. The molecule has 2 aliphatic heterocycles. The first-order valence-corrected chi connectivity index (χ1v) is 19.7. The van der Waals surface area contributed by atoms with Crippen LogP contribution < -0.4 is 4.74 Å². The number of ether oxygens (including phenoxy) is 2. The van der Waals surface area contributed by atoms with Gasteiger partial charge < -0.3 is 23.8 Å². The van der Waals surface area contributed by atoms with Crippen LogP contribution in [0.3, 0.4) is 0 Å². The number of aryl methyl sites for hydroxylation is 3. The summed E-state index contributed by atoms with van der Waals surface area (Å²) in [4.78, 5) is 32.3. The molecule has 2 aliphatic rings. The third-order valence-electron chi connectivity index (χ3n) is 11.0. The van der Waals surface area contributed by atoms with E-state index in [-0.39, 0.29) is 11.8 Å². The van der Waals surface area contributed by atoms with Gasteiger partial charge in [0.25, 0.3) is 0 Å². The molecule has 5 aromatic rings. The van der Waals surface area contributed by atoms with Gasteiger partial charge in [0, 0.05) is 99.5 Å². The number of hydrogen-bond acceptors (Lipinski definition) is 7. The van der Waals surface area contributed by atoms with Crippen LogP contribution in [0.4, 0.5) is 4.39 Å². The van der Waals surface area contributed by atoms with Gasteiger partial charge in [0.05, 0.1) is 22.8 Å². The van der Waals surface area contributed by atoms with Crippen molar-refractivity contribution in [2.24, 2.45) is 13.0 Å². The van der Waals surface area contributed by atoms with E-state index in [9.17, 15) is 14.0 Å². The summed E-state index contributed by atoms with van der Waals surface area (Å²) in [6, 6.07) is 14.3. The maximum absolute atomic E-state index is 14.4. The minimum absolute atomic E-state index is 0.286. The van der Waals surface area contributed by atoms with Gasteiger partial charge in [0.2, 0.25) is 6.41 Å². The van der Waals surface area contributed by atoms with Gasteiger partial charge in [-0.3, -0.25) is 14.4 Å². The second-order valence-corrected chi connectivity index (χ2v) is 16.5. The predicted molar refractivity (Wildman–Crippen MR) is 216 cm³/mol. The molecule has 0 saturated carbocycles. The SMILES string of the molecule is Cc1nn(C)c(C)c1-c1c(Cl)ccc2c(CCCOc3cccc4cc(F)ccc34)c(C(=O)OC(C)(C)C)n(CCN3CCN(CC4CN(C=O)C4)CC3)c12. The van der Waals surface area contributed by atoms with Crippen molar-refractivity contribution >= 4 is 45.7 Å². The molecule has 0 aliphatic carbocycles. The second kappa shape index (κ2) is 16.0. The van der Waals surface area contributed by atoms with Crippen molar-refractivity contribution in [3.05, 3.63) is 82.0 Å². The standard InChI is InChI=1S/C43H52ClFN6O4/c1-28-38(29(2)47(6)46-28)39-36(44)15-14-35-34(10-8-22-54-37-11-7-9-31-23-32(45)12-13-33(31)37)41(42(53)55-43(3,4)5)51(40(35)39)21-20-48-16-18-49(19-17-48)24-30-25-50(26-30)27-52/h7,9,11-15,23,27,30H,8,10,16-22,24-26H2,1-6H3. The minimum Gasteiger partial charge on any atom is -0.493 e. The van der Waals surface area contributed by atoms with Crippen LogP contribution in [-0.2, 0) is 29.5 Å². The molecule has 3 aromatic carbocycles. The Hall–Kier alpha value is -4.45. The van der Waals surface area contributed by atoms with E-state index in [4.69, 9.17) is 26.2 Å². The molecule has 0 radical (unpaired) electrons. The Bertz CT molecular complexity index is 2210. The molecule has 12 heteroatoms. The number of rotatable bonds is 13. The van der Waals surface area contributed by atoms with Crippen LogP contribution in [0.25, 0.3) is 32.8 Å². The van der Waals surface area contributed by atoms with Crippen LogP contribution in [0.5, 0.6) is 5.75 Å². The Morgan fingerprint density at radius 3 is 2.40 bits per heavy atom. The zero-order valence-corrected chi connectivity index (χ0v) is 33.6. The van der Waals surface area contributed by atoms with Gasteiger partial charge in [-0.05, 0) is 88.7 Å². The highest BCUT2D eigenvalue weighted by atomic mass is 35.5. The molecule has 0 N–H and O–H groups in total. The lowest BCUT2D eigenvalue weighted by atomic mass is 9.98. The van der Waals surface area contributed by atoms with E-state index < -0.39 is 5.60 Å². The van der Waals surface area contributed by atoms with E-state index in [1.807, 2.05) is 81.6 Å². The number of hydrogen-bond donors (Lipinski definition) is 0. The largest absolute Gasteiger partial charge is 0.493 e. The number of likely N-dealkylation sites (tertiary alicyclic amines) is 1. The van der Waals surface area contributed by atoms with Gasteiger partial charge >= 0.3 is 5.97 Å². The van der Waals surface area contributed by atoms with E-state index in [1.54, 1.807) is 6.07 Å². The Morgan fingerprint density at radius 1 is 0.982 bits per heavy atom. The summed E-state index contributed by atoms with van der Waals surface area (Å²) in [5, 5.41) is 7.93. The van der Waals surface area contributed by atoms with E-state index in [0.29, 0.717) is 48.4 Å². The normalized spacial score (nSPS) is 15.9. The Kier molecular flexibility index (Phi) is 11.3. The number of amides is 1. The lowest BCUT2D eigenvalue weighted by molar-refractivity contribution is -0.124. The third kappa shape index (κ3) is 8.25. The molecule has 2 aromatic heterocycles. The fraction of sp³-hybridized carbons (Fsp3) is 0.465. The number of benzene rings is 3. The van der Waals surface area contributed by atoms with Crippen LogP contribution >= 0.6 is 11.6 Å². The van der Waals surface area contributed by atoms with Crippen LogP contribution in [0.1, 0.15) is 54.6 Å². The monoisotopic (exact) mass is 770 g/mol. The molecule has 0 atom stereocenters. The zero-order chi connectivity index (χ0) is 39.0. The fourth-order valence-corrected chi connectivity index (χ4v) is 8.54. The van der Waals surface area contributed by atoms with Crippen LogP contribution in [0.2, 0.25) is 5.02 Å². The average molecular weight is 771 g/mol. The second-order valence-electron chi connectivity index (χ2n) is 16.1. The molecular weight excluding hydrogens is 719 g/mol. The highest BCUT2D eigenvalue weighted by molar-refractivity contribution is 6.35. The van der Waals surface area contributed by atoms with Crippen molar-refractivity contribution in [1.29, 1.82) is 0 Å². The van der Waals surface area contributed by atoms with Gasteiger partial charge in [-0.1, -0.05) is 29.8 Å². The minimum atomic E-state index is -0.705. The molecule has 4 heterocycles. The maximum atomic E-state index is 14.4. The van der Waals surface area contributed by atoms with Gasteiger partial charge in [-0.2, -0.15) is 5.10 Å². The van der Waals surface area contributed by atoms with E-state index in [2.05, 4.69) is 14.4 Å². The topological polar surface area (TPSA) is 85.1 Å². The number of carbonyl (C=O) groups is 2. The van der Waals surface area contributed by atoms with Crippen molar-refractivity contribution in [3.63, 3.8) is 0 Å². The Labute approximate surface area is 327 Å². The van der Waals surface area contributed by atoms with Gasteiger partial charge in [0.15, 0.2) is 0 Å². The Balaban J connectivity index is 1.22. The molecular formula is C43H52ClFN6O4. The average Bonchev–Trinajstić information content (AvgIpc) is 3.57. The predicted octanol–water partition coefficient (Wildman–Crippen LogP) is 7.28. The number of piperazine rings is 1. The Morgan fingerprint density at radius 2 is 1.71 bits per heavy atom. The summed E-state index contributed by atoms with van der Waals surface area (Å²) >= 11 is 7.16. The number of halogens is 2. The lowest BCUT2D eigenvalue weighted by Crippen LogP contribution is -2.54. The summed E-state index contributed by atoms with van der Waals surface area (Å²) in [5.74, 6) is 0.584. The molecule has 292 valence electrons. The van der Waals surface area contributed by atoms with Crippen LogP contribution in [-0.4, -0.2) is 106 Å². The number of nitrogens with zero attached hydrogens (tertiary/aromatic N) is 6. The van der Waals surface area contributed by atoms with E-state index in [1.165, 1.54) is 12.1 Å². The maximum Gasteiger partial charge on any atom is 0.355 e. The van der Waals surface area contributed by atoms with E-state index in [0.717, 1.165) is 109 Å². The summed E-state index contributed by atoms with van der Waals surface area (Å²) in [7, 11) is 1.94. The summed E-state index contributed by atoms with van der Waals surface area (Å²) in [5.41, 5.74) is 5.33. The number of fused-ring (bicyclic) bond motifs is 2. The van der Waals surface area contributed by atoms with Crippen molar-refractivity contribution in [1.82, 2.24) is 29.0 Å².